The van der Waals surface area contributed by atoms with Gasteiger partial charge in [-0.1, -0.05) is 24.3 Å². The maximum atomic E-state index is 12.7. The number of hydrogen-bond acceptors (Lipinski definition) is 5. The van der Waals surface area contributed by atoms with Gasteiger partial charge in [-0.25, -0.2) is 4.98 Å². The summed E-state index contributed by atoms with van der Waals surface area (Å²) in [6.45, 7) is 2.03. The van der Waals surface area contributed by atoms with Crippen molar-refractivity contribution in [2.24, 2.45) is 0 Å². The molecule has 1 amide bonds. The second kappa shape index (κ2) is 7.94. The van der Waals surface area contributed by atoms with E-state index in [0.29, 0.717) is 13.1 Å². The highest BCUT2D eigenvalue weighted by Gasteiger charge is 2.29. The third kappa shape index (κ3) is 3.61. The SMILES string of the molecule is O=C(c1ccccc1)N1CC[C@@H](c2ccc3c(NCc4ccccn4)n[nH]c3n2)C1. The fraction of sp³-hybridized carbons (Fsp3) is 0.217. The molecule has 0 saturated carbocycles. The fourth-order valence-electron chi connectivity index (χ4n) is 3.91. The third-order valence-corrected chi connectivity index (χ3v) is 5.52. The minimum absolute atomic E-state index is 0.0849. The molecule has 1 aliphatic heterocycles. The predicted molar refractivity (Wildman–Crippen MR) is 115 cm³/mol. The average Bonchev–Trinajstić information content (AvgIpc) is 3.45. The maximum Gasteiger partial charge on any atom is 0.253 e. The van der Waals surface area contributed by atoms with Crippen LogP contribution in [0, 0.1) is 0 Å². The van der Waals surface area contributed by atoms with Crippen LogP contribution in [0.1, 0.15) is 34.1 Å². The number of hydrogen-bond donors (Lipinski definition) is 2. The average molecular weight is 398 g/mol. The topological polar surface area (TPSA) is 86.8 Å². The quantitative estimate of drug-likeness (QED) is 0.536. The molecule has 1 saturated heterocycles. The van der Waals surface area contributed by atoms with Crippen LogP contribution in [-0.4, -0.2) is 44.1 Å². The number of likely N-dealkylation sites (tertiary alicyclic amines) is 1. The van der Waals surface area contributed by atoms with Gasteiger partial charge in [0.1, 0.15) is 0 Å². The Labute approximate surface area is 174 Å². The molecule has 4 heterocycles. The Morgan fingerprint density at radius 3 is 2.80 bits per heavy atom. The minimum Gasteiger partial charge on any atom is -0.362 e. The molecular formula is C23H22N6O. The number of nitrogens with zero attached hydrogens (tertiary/aromatic N) is 4. The van der Waals surface area contributed by atoms with Crippen LogP contribution in [0.5, 0.6) is 0 Å². The van der Waals surface area contributed by atoms with E-state index < -0.39 is 0 Å². The number of amides is 1. The molecule has 0 aliphatic carbocycles. The summed E-state index contributed by atoms with van der Waals surface area (Å²) < 4.78 is 0. The molecule has 1 aromatic carbocycles. The molecule has 30 heavy (non-hydrogen) atoms. The molecule has 3 aromatic heterocycles. The summed E-state index contributed by atoms with van der Waals surface area (Å²) >= 11 is 0. The molecular weight excluding hydrogens is 376 g/mol. The van der Waals surface area contributed by atoms with Gasteiger partial charge in [-0.3, -0.25) is 14.9 Å². The predicted octanol–water partition coefficient (Wildman–Crippen LogP) is 3.59. The summed E-state index contributed by atoms with van der Waals surface area (Å²) in [6.07, 6.45) is 2.69. The highest BCUT2D eigenvalue weighted by atomic mass is 16.2. The number of benzene rings is 1. The number of fused-ring (bicyclic) bond motifs is 1. The first-order valence-corrected chi connectivity index (χ1v) is 10.1. The molecule has 0 radical (unpaired) electrons. The van der Waals surface area contributed by atoms with Crippen molar-refractivity contribution in [3.05, 3.63) is 83.8 Å². The second-order valence-corrected chi connectivity index (χ2v) is 7.48. The van der Waals surface area contributed by atoms with Crippen LogP contribution >= 0.6 is 0 Å². The fourth-order valence-corrected chi connectivity index (χ4v) is 3.91. The molecule has 4 aromatic rings. The van der Waals surface area contributed by atoms with Gasteiger partial charge in [0.15, 0.2) is 11.5 Å². The molecule has 1 aliphatic rings. The molecule has 5 rings (SSSR count). The molecule has 2 N–H and O–H groups in total. The Morgan fingerprint density at radius 1 is 1.10 bits per heavy atom. The zero-order valence-corrected chi connectivity index (χ0v) is 16.5. The first-order valence-electron chi connectivity index (χ1n) is 10.1. The van der Waals surface area contributed by atoms with Crippen molar-refractivity contribution in [2.75, 3.05) is 18.4 Å². The summed E-state index contributed by atoms with van der Waals surface area (Å²) in [7, 11) is 0. The van der Waals surface area contributed by atoms with Gasteiger partial charge in [0, 0.05) is 36.5 Å². The number of nitrogens with one attached hydrogen (secondary N) is 2. The monoisotopic (exact) mass is 398 g/mol. The summed E-state index contributed by atoms with van der Waals surface area (Å²) in [5.74, 6) is 1.08. The van der Waals surface area contributed by atoms with E-state index in [-0.39, 0.29) is 11.8 Å². The minimum atomic E-state index is 0.0849. The molecule has 7 nitrogen and oxygen atoms in total. The van der Waals surface area contributed by atoms with Gasteiger partial charge in [0.2, 0.25) is 0 Å². The van der Waals surface area contributed by atoms with Crippen molar-refractivity contribution in [1.29, 1.82) is 0 Å². The molecule has 0 bridgehead atoms. The van der Waals surface area contributed by atoms with Gasteiger partial charge in [-0.2, -0.15) is 5.10 Å². The van der Waals surface area contributed by atoms with E-state index in [2.05, 4.69) is 20.5 Å². The van der Waals surface area contributed by atoms with E-state index in [4.69, 9.17) is 4.98 Å². The van der Waals surface area contributed by atoms with Crippen molar-refractivity contribution in [1.82, 2.24) is 25.1 Å². The van der Waals surface area contributed by atoms with Crippen LogP contribution in [0.2, 0.25) is 0 Å². The number of aromatic nitrogens is 4. The Hall–Kier alpha value is -3.74. The van der Waals surface area contributed by atoms with Crippen molar-refractivity contribution in [3.63, 3.8) is 0 Å². The smallest absolute Gasteiger partial charge is 0.253 e. The molecule has 1 atom stereocenters. The van der Waals surface area contributed by atoms with Crippen LogP contribution in [0.25, 0.3) is 11.0 Å². The lowest BCUT2D eigenvalue weighted by atomic mass is 10.0. The van der Waals surface area contributed by atoms with E-state index in [1.165, 1.54) is 0 Å². The van der Waals surface area contributed by atoms with Gasteiger partial charge in [0.25, 0.3) is 5.91 Å². The summed E-state index contributed by atoms with van der Waals surface area (Å²) in [5.41, 5.74) is 3.43. The van der Waals surface area contributed by atoms with Gasteiger partial charge in [0.05, 0.1) is 17.6 Å². The first-order chi connectivity index (χ1) is 14.8. The number of carbonyl (C=O) groups excluding carboxylic acids is 1. The highest BCUT2D eigenvalue weighted by molar-refractivity contribution is 5.94. The Kier molecular flexibility index (Phi) is 4.85. The van der Waals surface area contributed by atoms with Crippen LogP contribution in [0.3, 0.4) is 0 Å². The lowest BCUT2D eigenvalue weighted by molar-refractivity contribution is 0.0790. The van der Waals surface area contributed by atoms with Crippen molar-refractivity contribution >= 4 is 22.8 Å². The zero-order chi connectivity index (χ0) is 20.3. The summed E-state index contributed by atoms with van der Waals surface area (Å²) in [6, 6.07) is 19.4. The number of pyridine rings is 2. The van der Waals surface area contributed by atoms with Gasteiger partial charge < -0.3 is 10.2 Å². The molecule has 0 spiro atoms. The number of rotatable bonds is 5. The number of aromatic amines is 1. The van der Waals surface area contributed by atoms with Crippen LogP contribution in [-0.2, 0) is 6.54 Å². The van der Waals surface area contributed by atoms with E-state index in [9.17, 15) is 4.79 Å². The molecule has 1 fully saturated rings. The number of carbonyl (C=O) groups is 1. The lowest BCUT2D eigenvalue weighted by Gasteiger charge is -2.16. The first kappa shape index (κ1) is 18.3. The van der Waals surface area contributed by atoms with E-state index in [1.807, 2.05) is 65.6 Å². The maximum absolute atomic E-state index is 12.7. The largest absolute Gasteiger partial charge is 0.362 e. The van der Waals surface area contributed by atoms with Gasteiger partial charge in [-0.05, 0) is 42.8 Å². The number of H-pyrrole nitrogens is 1. The normalized spacial score (nSPS) is 16.1. The lowest BCUT2D eigenvalue weighted by Crippen LogP contribution is -2.28. The highest BCUT2D eigenvalue weighted by Crippen LogP contribution is 2.29. The van der Waals surface area contributed by atoms with E-state index in [0.717, 1.165) is 46.8 Å². The van der Waals surface area contributed by atoms with Crippen molar-refractivity contribution < 1.29 is 4.79 Å². The zero-order valence-electron chi connectivity index (χ0n) is 16.5. The molecule has 150 valence electrons. The van der Waals surface area contributed by atoms with Crippen LogP contribution in [0.4, 0.5) is 5.82 Å². The van der Waals surface area contributed by atoms with Crippen molar-refractivity contribution in [2.45, 2.75) is 18.9 Å². The van der Waals surface area contributed by atoms with Crippen LogP contribution in [0.15, 0.2) is 66.9 Å². The summed E-state index contributed by atoms with van der Waals surface area (Å²) in [5, 5.41) is 11.7. The van der Waals surface area contributed by atoms with E-state index in [1.54, 1.807) is 6.20 Å². The van der Waals surface area contributed by atoms with Crippen molar-refractivity contribution in [3.8, 4) is 0 Å². The Morgan fingerprint density at radius 2 is 1.97 bits per heavy atom. The second-order valence-electron chi connectivity index (χ2n) is 7.48. The van der Waals surface area contributed by atoms with Gasteiger partial charge in [-0.15, -0.1) is 0 Å². The third-order valence-electron chi connectivity index (χ3n) is 5.52. The standard InChI is InChI=1S/C23H22N6O/c30-23(16-6-2-1-3-7-16)29-13-11-17(15-29)20-10-9-19-21(27-28-22(19)26-20)25-14-18-8-4-5-12-24-18/h1-10,12,17H,11,13-15H2,(H2,25,26,27,28)/t17-/m1/s1. The van der Waals surface area contributed by atoms with Crippen LogP contribution < -0.4 is 5.32 Å². The summed E-state index contributed by atoms with van der Waals surface area (Å²) in [4.78, 5) is 23.7. The van der Waals surface area contributed by atoms with E-state index >= 15 is 0 Å². The molecule has 7 heteroatoms. The van der Waals surface area contributed by atoms with Gasteiger partial charge >= 0.3 is 0 Å². The number of anilines is 1. The molecule has 0 unspecified atom stereocenters. The Bertz CT molecular complexity index is 1160. The Balaban J connectivity index is 1.28.